The minimum Gasteiger partial charge on any atom is -0.506 e. The van der Waals surface area contributed by atoms with E-state index in [1.807, 2.05) is 12.1 Å². The van der Waals surface area contributed by atoms with Gasteiger partial charge in [0.05, 0.1) is 5.69 Å². The topological polar surface area (TPSA) is 62.5 Å². The van der Waals surface area contributed by atoms with Crippen LogP contribution >= 0.6 is 15.9 Å². The molecule has 2 unspecified atom stereocenters. The molecule has 22 heavy (non-hydrogen) atoms. The van der Waals surface area contributed by atoms with Gasteiger partial charge >= 0.3 is 0 Å². The lowest BCUT2D eigenvalue weighted by molar-refractivity contribution is -0.116. The second-order valence-corrected chi connectivity index (χ2v) is 6.75. The molecule has 1 fully saturated rings. The molecular formula is C17H18BrNO3. The molecule has 0 radical (unpaired) electrons. The molecule has 5 heteroatoms. The largest absolute Gasteiger partial charge is 0.506 e. The van der Waals surface area contributed by atoms with Gasteiger partial charge in [0.15, 0.2) is 0 Å². The molecule has 1 aromatic carbocycles. The van der Waals surface area contributed by atoms with Crippen LogP contribution in [-0.4, -0.2) is 11.0 Å². The van der Waals surface area contributed by atoms with Crippen LogP contribution in [0.15, 0.2) is 39.2 Å². The smallest absolute Gasteiger partial charge is 0.224 e. The number of anilines is 1. The van der Waals surface area contributed by atoms with Gasteiger partial charge in [0.1, 0.15) is 17.3 Å². The SMILES string of the molecule is CC1CC1c1ccc(CCC(=O)Nc2ccc(Br)cc2O)o1. The fourth-order valence-corrected chi connectivity index (χ4v) is 2.86. The van der Waals surface area contributed by atoms with E-state index in [2.05, 4.69) is 28.2 Å². The molecule has 116 valence electrons. The number of rotatable bonds is 5. The number of benzene rings is 1. The van der Waals surface area contributed by atoms with Crippen molar-refractivity contribution < 1.29 is 14.3 Å². The number of nitrogens with one attached hydrogen (secondary N) is 1. The first-order chi connectivity index (χ1) is 10.5. The van der Waals surface area contributed by atoms with Gasteiger partial charge in [-0.1, -0.05) is 22.9 Å². The number of carbonyl (C=O) groups excluding carboxylic acids is 1. The highest BCUT2D eigenvalue weighted by Gasteiger charge is 2.36. The van der Waals surface area contributed by atoms with Gasteiger partial charge in [0.25, 0.3) is 0 Å². The number of halogens is 1. The summed E-state index contributed by atoms with van der Waals surface area (Å²) in [6, 6.07) is 8.94. The number of aryl methyl sites for hydroxylation is 1. The van der Waals surface area contributed by atoms with Crippen LogP contribution in [0.2, 0.25) is 0 Å². The lowest BCUT2D eigenvalue weighted by Crippen LogP contribution is -2.12. The summed E-state index contributed by atoms with van der Waals surface area (Å²) >= 11 is 3.26. The van der Waals surface area contributed by atoms with Crippen molar-refractivity contribution in [3.05, 3.63) is 46.3 Å². The Morgan fingerprint density at radius 2 is 2.18 bits per heavy atom. The van der Waals surface area contributed by atoms with Crippen molar-refractivity contribution in [2.45, 2.75) is 32.1 Å². The summed E-state index contributed by atoms with van der Waals surface area (Å²) < 4.78 is 6.55. The van der Waals surface area contributed by atoms with Gasteiger partial charge in [-0.05, 0) is 42.7 Å². The minimum atomic E-state index is -0.143. The molecule has 1 heterocycles. The zero-order valence-electron chi connectivity index (χ0n) is 12.3. The Morgan fingerprint density at radius 3 is 2.86 bits per heavy atom. The normalized spacial score (nSPS) is 19.9. The van der Waals surface area contributed by atoms with Crippen molar-refractivity contribution in [3.63, 3.8) is 0 Å². The standard InChI is InChI=1S/C17H18BrNO3/c1-10-8-13(10)16-6-3-12(22-16)4-7-17(21)19-14-5-2-11(18)9-15(14)20/h2-3,5-6,9-10,13,20H,4,7-8H2,1H3,(H,19,21). The van der Waals surface area contributed by atoms with E-state index in [-0.39, 0.29) is 11.7 Å². The number of phenols is 1. The van der Waals surface area contributed by atoms with Crippen molar-refractivity contribution >= 4 is 27.5 Å². The highest BCUT2D eigenvalue weighted by atomic mass is 79.9. The van der Waals surface area contributed by atoms with Gasteiger partial charge in [-0.3, -0.25) is 4.79 Å². The number of furan rings is 1. The zero-order valence-corrected chi connectivity index (χ0v) is 13.9. The second-order valence-electron chi connectivity index (χ2n) is 5.83. The molecule has 0 spiro atoms. The van der Waals surface area contributed by atoms with Crippen LogP contribution in [0, 0.1) is 5.92 Å². The Hall–Kier alpha value is -1.75. The van der Waals surface area contributed by atoms with E-state index in [1.165, 1.54) is 6.42 Å². The summed E-state index contributed by atoms with van der Waals surface area (Å²) in [5.41, 5.74) is 0.417. The molecule has 1 amide bonds. The van der Waals surface area contributed by atoms with E-state index < -0.39 is 0 Å². The first-order valence-corrected chi connectivity index (χ1v) is 8.19. The molecule has 2 atom stereocenters. The quantitative estimate of drug-likeness (QED) is 0.771. The van der Waals surface area contributed by atoms with Crippen LogP contribution in [0.3, 0.4) is 0 Å². The summed E-state index contributed by atoms with van der Waals surface area (Å²) in [7, 11) is 0. The third-order valence-corrected chi connectivity index (χ3v) is 4.48. The molecule has 3 rings (SSSR count). The maximum atomic E-state index is 12.0. The molecule has 2 aromatic rings. The predicted molar refractivity (Wildman–Crippen MR) is 88.0 cm³/mol. The van der Waals surface area contributed by atoms with Crippen LogP contribution in [0.4, 0.5) is 5.69 Å². The Morgan fingerprint density at radius 1 is 1.41 bits per heavy atom. The van der Waals surface area contributed by atoms with E-state index in [0.29, 0.717) is 30.4 Å². The van der Waals surface area contributed by atoms with Gasteiger partial charge < -0.3 is 14.8 Å². The average Bonchev–Trinajstić information content (AvgIpc) is 3.01. The number of aromatic hydroxyl groups is 1. The average molecular weight is 364 g/mol. The number of phenolic OH excluding ortho intramolecular Hbond substituents is 1. The third kappa shape index (κ3) is 3.53. The van der Waals surface area contributed by atoms with Crippen molar-refractivity contribution in [1.82, 2.24) is 0 Å². The van der Waals surface area contributed by atoms with Crippen LogP contribution in [0.25, 0.3) is 0 Å². The monoisotopic (exact) mass is 363 g/mol. The molecule has 1 saturated carbocycles. The van der Waals surface area contributed by atoms with Crippen molar-refractivity contribution in [3.8, 4) is 5.75 Å². The van der Waals surface area contributed by atoms with Crippen molar-refractivity contribution in [1.29, 1.82) is 0 Å². The first-order valence-electron chi connectivity index (χ1n) is 7.40. The molecule has 1 aliphatic carbocycles. The Kier molecular flexibility index (Phi) is 4.25. The van der Waals surface area contributed by atoms with Crippen molar-refractivity contribution in [2.75, 3.05) is 5.32 Å². The van der Waals surface area contributed by atoms with E-state index in [0.717, 1.165) is 16.0 Å². The Balaban J connectivity index is 1.52. The third-order valence-electron chi connectivity index (χ3n) is 3.99. The summed E-state index contributed by atoms with van der Waals surface area (Å²) in [6.45, 7) is 2.21. The summed E-state index contributed by atoms with van der Waals surface area (Å²) in [4.78, 5) is 12.0. The lowest BCUT2D eigenvalue weighted by Gasteiger charge is -2.07. The van der Waals surface area contributed by atoms with Crippen LogP contribution in [0.5, 0.6) is 5.75 Å². The minimum absolute atomic E-state index is 0.0470. The number of carbonyl (C=O) groups is 1. The molecule has 2 N–H and O–H groups in total. The molecule has 1 aliphatic rings. The molecule has 0 saturated heterocycles. The van der Waals surface area contributed by atoms with Gasteiger partial charge in [-0.25, -0.2) is 0 Å². The van der Waals surface area contributed by atoms with Crippen LogP contribution in [0.1, 0.15) is 37.2 Å². The van der Waals surface area contributed by atoms with Crippen LogP contribution in [-0.2, 0) is 11.2 Å². The van der Waals surface area contributed by atoms with E-state index in [4.69, 9.17) is 4.42 Å². The summed E-state index contributed by atoms with van der Waals surface area (Å²) in [5, 5.41) is 12.5. The Labute approximate surface area is 137 Å². The van der Waals surface area contributed by atoms with E-state index >= 15 is 0 Å². The highest BCUT2D eigenvalue weighted by Crippen LogP contribution is 2.47. The maximum absolute atomic E-state index is 12.0. The maximum Gasteiger partial charge on any atom is 0.224 e. The number of amides is 1. The summed E-state index contributed by atoms with van der Waals surface area (Å²) in [5.74, 6) is 3.05. The van der Waals surface area contributed by atoms with Crippen LogP contribution < -0.4 is 5.32 Å². The first kappa shape index (κ1) is 15.2. The summed E-state index contributed by atoms with van der Waals surface area (Å²) in [6.07, 6.45) is 2.07. The molecule has 0 aliphatic heterocycles. The molecule has 4 nitrogen and oxygen atoms in total. The van der Waals surface area contributed by atoms with Gasteiger partial charge in [-0.2, -0.15) is 0 Å². The van der Waals surface area contributed by atoms with E-state index in [1.54, 1.807) is 18.2 Å². The molecule has 1 aromatic heterocycles. The second kappa shape index (κ2) is 6.16. The number of hydrogen-bond donors (Lipinski definition) is 2. The van der Waals surface area contributed by atoms with Crippen molar-refractivity contribution in [2.24, 2.45) is 5.92 Å². The van der Waals surface area contributed by atoms with E-state index in [9.17, 15) is 9.90 Å². The zero-order chi connectivity index (χ0) is 15.7. The fourth-order valence-electron chi connectivity index (χ4n) is 2.51. The molecule has 0 bridgehead atoms. The van der Waals surface area contributed by atoms with Gasteiger partial charge in [0.2, 0.25) is 5.91 Å². The molecular weight excluding hydrogens is 346 g/mol. The number of hydrogen-bond acceptors (Lipinski definition) is 3. The highest BCUT2D eigenvalue weighted by molar-refractivity contribution is 9.10. The predicted octanol–water partition coefficient (Wildman–Crippen LogP) is 4.44. The van der Waals surface area contributed by atoms with Gasteiger partial charge in [0, 0.05) is 23.2 Å². The van der Waals surface area contributed by atoms with Gasteiger partial charge in [-0.15, -0.1) is 0 Å². The lowest BCUT2D eigenvalue weighted by atomic mass is 10.2. The fraction of sp³-hybridized carbons (Fsp3) is 0.353. The Bertz CT molecular complexity index is 695.